The third-order valence-corrected chi connectivity index (χ3v) is 3.67. The van der Waals surface area contributed by atoms with Crippen molar-refractivity contribution in [3.8, 4) is 0 Å². The highest BCUT2D eigenvalue weighted by Crippen LogP contribution is 2.21. The van der Waals surface area contributed by atoms with E-state index in [1.165, 1.54) is 5.56 Å². The Morgan fingerprint density at radius 3 is 2.70 bits per heavy atom. The summed E-state index contributed by atoms with van der Waals surface area (Å²) in [5.41, 5.74) is 3.06. The van der Waals surface area contributed by atoms with Crippen LogP contribution in [0, 0.1) is 0 Å². The number of hydrogen-bond acceptors (Lipinski definition) is 3. The van der Waals surface area contributed by atoms with Crippen LogP contribution in [0.4, 0.5) is 0 Å². The monoisotopic (exact) mass is 298 g/mol. The van der Waals surface area contributed by atoms with E-state index in [1.54, 1.807) is 18.4 Å². The molecular weight excluding hydrogens is 284 g/mol. The number of allylic oxidation sites excluding steroid dienone is 2. The lowest BCUT2D eigenvalue weighted by molar-refractivity contribution is 0.709. The van der Waals surface area contributed by atoms with Gasteiger partial charge >= 0.3 is 0 Å². The van der Waals surface area contributed by atoms with Crippen molar-refractivity contribution in [3.63, 3.8) is 0 Å². The predicted molar refractivity (Wildman–Crippen MR) is 93.0 cm³/mol. The fourth-order valence-electron chi connectivity index (χ4n) is 2.61. The summed E-state index contributed by atoms with van der Waals surface area (Å²) in [4.78, 5) is 8.63. The SMILES string of the molecule is C1=CC=CN=C(c2nn(Cc3ccccc3)c3ccccc23)N=1. The minimum atomic E-state index is 0.581. The second-order valence-electron chi connectivity index (χ2n) is 5.21. The molecule has 110 valence electrons. The number of rotatable bonds is 3. The van der Waals surface area contributed by atoms with Crippen LogP contribution in [0.2, 0.25) is 0 Å². The highest BCUT2D eigenvalue weighted by molar-refractivity contribution is 6.10. The first kappa shape index (κ1) is 13.4. The fraction of sp³-hybridized carbons (Fsp3) is 0.0526. The molecule has 0 amide bonds. The molecule has 4 nitrogen and oxygen atoms in total. The van der Waals surface area contributed by atoms with Gasteiger partial charge in [0.25, 0.3) is 0 Å². The van der Waals surface area contributed by atoms with E-state index < -0.39 is 0 Å². The van der Waals surface area contributed by atoms with Crippen molar-refractivity contribution in [1.29, 1.82) is 0 Å². The van der Waals surface area contributed by atoms with Crippen LogP contribution in [0.25, 0.3) is 10.9 Å². The predicted octanol–water partition coefficient (Wildman–Crippen LogP) is 3.58. The van der Waals surface area contributed by atoms with Gasteiger partial charge in [0, 0.05) is 17.7 Å². The largest absolute Gasteiger partial charge is 0.260 e. The Morgan fingerprint density at radius 1 is 0.957 bits per heavy atom. The fourth-order valence-corrected chi connectivity index (χ4v) is 2.61. The van der Waals surface area contributed by atoms with Gasteiger partial charge in [-0.2, -0.15) is 10.1 Å². The van der Waals surface area contributed by atoms with E-state index in [0.717, 1.165) is 16.6 Å². The molecular formula is C19H14N4. The number of aliphatic imine (C=N–C) groups is 2. The molecule has 1 aliphatic rings. The van der Waals surface area contributed by atoms with Crippen molar-refractivity contribution in [2.24, 2.45) is 9.98 Å². The third kappa shape index (κ3) is 2.63. The van der Waals surface area contributed by atoms with E-state index in [9.17, 15) is 0 Å². The lowest BCUT2D eigenvalue weighted by atomic mass is 10.2. The lowest BCUT2D eigenvalue weighted by Crippen LogP contribution is -2.04. The van der Waals surface area contributed by atoms with E-state index in [0.29, 0.717) is 12.4 Å². The molecule has 0 saturated carbocycles. The molecule has 0 radical (unpaired) electrons. The quantitative estimate of drug-likeness (QED) is 0.728. The van der Waals surface area contributed by atoms with Gasteiger partial charge in [-0.1, -0.05) is 48.5 Å². The Bertz CT molecular complexity index is 971. The molecule has 0 spiro atoms. The van der Waals surface area contributed by atoms with E-state index in [1.807, 2.05) is 35.0 Å². The van der Waals surface area contributed by atoms with Crippen molar-refractivity contribution in [2.75, 3.05) is 0 Å². The minimum absolute atomic E-state index is 0.581. The Labute approximate surface area is 133 Å². The summed E-state index contributed by atoms with van der Waals surface area (Å²) < 4.78 is 2.00. The zero-order valence-corrected chi connectivity index (χ0v) is 12.4. The summed E-state index contributed by atoms with van der Waals surface area (Å²) >= 11 is 0. The number of aromatic nitrogens is 2. The van der Waals surface area contributed by atoms with Crippen molar-refractivity contribution in [3.05, 3.63) is 84.2 Å². The number of hydrogen-bond donors (Lipinski definition) is 0. The number of amidine groups is 1. The molecule has 0 unspecified atom stereocenters. The van der Waals surface area contributed by atoms with Crippen molar-refractivity contribution < 1.29 is 0 Å². The Hall–Kier alpha value is -3.23. The van der Waals surface area contributed by atoms with Gasteiger partial charge < -0.3 is 0 Å². The maximum absolute atomic E-state index is 4.75. The molecule has 2 aromatic carbocycles. The summed E-state index contributed by atoms with van der Waals surface area (Å²) in [5.74, 6) is 3.43. The normalized spacial score (nSPS) is 13.3. The molecule has 1 aromatic heterocycles. The van der Waals surface area contributed by atoms with Crippen LogP contribution in [0.3, 0.4) is 0 Å². The average Bonchev–Trinajstić information content (AvgIpc) is 2.78. The highest BCUT2D eigenvalue weighted by atomic mass is 15.3. The number of benzene rings is 2. The van der Waals surface area contributed by atoms with E-state index in [2.05, 4.69) is 40.1 Å². The summed E-state index contributed by atoms with van der Waals surface area (Å²) in [6, 6.07) is 18.4. The van der Waals surface area contributed by atoms with Crippen molar-refractivity contribution in [2.45, 2.75) is 6.54 Å². The molecule has 0 bridgehead atoms. The number of nitrogens with zero attached hydrogens (tertiary/aromatic N) is 4. The van der Waals surface area contributed by atoms with Gasteiger partial charge in [-0.15, -0.1) is 0 Å². The molecule has 4 heteroatoms. The van der Waals surface area contributed by atoms with Crippen LogP contribution in [0.5, 0.6) is 0 Å². The van der Waals surface area contributed by atoms with E-state index >= 15 is 0 Å². The molecule has 3 aromatic rings. The lowest BCUT2D eigenvalue weighted by Gasteiger charge is -2.03. The van der Waals surface area contributed by atoms with Crippen LogP contribution >= 0.6 is 0 Å². The molecule has 0 N–H and O–H groups in total. The van der Waals surface area contributed by atoms with E-state index in [-0.39, 0.29) is 0 Å². The van der Waals surface area contributed by atoms with Gasteiger partial charge in [-0.3, -0.25) is 4.68 Å². The standard InChI is InChI=1S/C19H14N4/c1-2-8-15(9-3-1)14-23-17-11-5-4-10-16(17)18(22-23)19-20-12-6-7-13-21-19/h1-12H,14H2. The summed E-state index contributed by atoms with van der Waals surface area (Å²) in [6.45, 7) is 0.712. The first-order chi connectivity index (χ1) is 11.4. The molecule has 0 fully saturated rings. The summed E-state index contributed by atoms with van der Waals surface area (Å²) in [7, 11) is 0. The van der Waals surface area contributed by atoms with Crippen LogP contribution in [-0.4, -0.2) is 21.5 Å². The van der Waals surface area contributed by atoms with Gasteiger partial charge in [0.2, 0.25) is 0 Å². The van der Waals surface area contributed by atoms with Gasteiger partial charge in [-0.25, -0.2) is 4.99 Å². The highest BCUT2D eigenvalue weighted by Gasteiger charge is 2.15. The Balaban J connectivity index is 1.85. The zero-order valence-electron chi connectivity index (χ0n) is 12.4. The van der Waals surface area contributed by atoms with Crippen molar-refractivity contribution in [1.82, 2.24) is 9.78 Å². The Morgan fingerprint density at radius 2 is 1.78 bits per heavy atom. The van der Waals surface area contributed by atoms with Crippen LogP contribution in [-0.2, 0) is 6.54 Å². The van der Waals surface area contributed by atoms with Crippen LogP contribution < -0.4 is 0 Å². The number of fused-ring (bicyclic) bond motifs is 1. The third-order valence-electron chi connectivity index (χ3n) is 3.67. The van der Waals surface area contributed by atoms with Gasteiger partial charge in [-0.05, 0) is 23.6 Å². The number of para-hydroxylation sites is 1. The summed E-state index contributed by atoms with van der Waals surface area (Å²) in [6.07, 6.45) is 5.25. The average molecular weight is 298 g/mol. The smallest absolute Gasteiger partial charge is 0.189 e. The maximum Gasteiger partial charge on any atom is 0.189 e. The van der Waals surface area contributed by atoms with E-state index in [4.69, 9.17) is 5.10 Å². The first-order valence-corrected chi connectivity index (χ1v) is 7.44. The molecule has 1 aliphatic heterocycles. The van der Waals surface area contributed by atoms with Crippen LogP contribution in [0.1, 0.15) is 11.3 Å². The molecule has 0 aliphatic carbocycles. The van der Waals surface area contributed by atoms with Crippen LogP contribution in [0.15, 0.2) is 82.9 Å². The van der Waals surface area contributed by atoms with Crippen molar-refractivity contribution >= 4 is 22.6 Å². The molecule has 0 saturated heterocycles. The molecule has 23 heavy (non-hydrogen) atoms. The van der Waals surface area contributed by atoms with Gasteiger partial charge in [0.1, 0.15) is 5.69 Å². The zero-order chi connectivity index (χ0) is 15.5. The minimum Gasteiger partial charge on any atom is -0.260 e. The van der Waals surface area contributed by atoms with Gasteiger partial charge in [0.05, 0.1) is 12.1 Å². The topological polar surface area (TPSA) is 42.5 Å². The first-order valence-electron chi connectivity index (χ1n) is 7.44. The molecule has 0 atom stereocenters. The van der Waals surface area contributed by atoms with Gasteiger partial charge in [0.15, 0.2) is 5.84 Å². The second-order valence-corrected chi connectivity index (χ2v) is 5.21. The Kier molecular flexibility index (Phi) is 3.43. The maximum atomic E-state index is 4.75. The summed E-state index contributed by atoms with van der Waals surface area (Å²) in [5, 5.41) is 5.80. The second kappa shape index (κ2) is 5.87. The molecule has 4 rings (SSSR count). The molecule has 2 heterocycles.